The maximum atomic E-state index is 12.6. The van der Waals surface area contributed by atoms with E-state index in [9.17, 15) is 51.1 Å². The van der Waals surface area contributed by atoms with Crippen molar-refractivity contribution in [2.75, 3.05) is 132 Å². The van der Waals surface area contributed by atoms with Crippen LogP contribution in [0, 0.1) is 27.1 Å². The Morgan fingerprint density at radius 1 is 0.150 bits per heavy atom. The zero-order chi connectivity index (χ0) is 99.7. The Kier molecular flexibility index (Phi) is 67.4. The molecule has 32 heteroatoms. The van der Waals surface area contributed by atoms with Crippen molar-refractivity contribution in [1.82, 2.24) is 0 Å². The standard InChI is InChI=1S/5C19H38O6.2Ta/c5*1-10-15(22-11-2)19(24-13-4,25-14-5)17(8,23-12-3)16(6,7)18(9,20)21;;/h5*15H,10-14H2,1-9H3;;/q5*-2;2*+5. The van der Waals surface area contributed by atoms with E-state index < -0.39 is 143 Å². The molecule has 0 N–H and O–H groups in total. The van der Waals surface area contributed by atoms with Crippen molar-refractivity contribution in [3.8, 4) is 0 Å². The molecule has 0 amide bonds. The Hall–Kier alpha value is 0.281. The smallest absolute Gasteiger partial charge is 0.863 e. The summed E-state index contributed by atoms with van der Waals surface area (Å²) in [6, 6.07) is 0. The summed E-state index contributed by atoms with van der Waals surface area (Å²) in [5, 5.41) is 126. The molecule has 0 aromatic rings. The van der Waals surface area contributed by atoms with Gasteiger partial charge in [0.2, 0.25) is 28.9 Å². The molecule has 0 bridgehead atoms. The van der Waals surface area contributed by atoms with Gasteiger partial charge in [0.05, 0.1) is 0 Å². The summed E-state index contributed by atoms with van der Waals surface area (Å²) in [7, 11) is 0. The monoisotopic (exact) mass is 2170 g/mol. The number of hydrogen-bond donors (Lipinski definition) is 0. The SMILES string of the molecule is CCOC(CC)C(OCC)(OCC)C(C)(OCC)C(C)(C)C(C)([O-])[O-].CCOC(CC)C(OCC)(OCC)C(C)(OCC)C(C)(C)C(C)([O-])[O-].CCOC(CC)C(OCC)(OCC)C(C)(OCC)C(C)(C)C(C)([O-])[O-].CCOC(CC)C(OCC)(OCC)C(C)(OCC)C(C)(C)C(C)([O-])[O-].CCOC(CC)C(OCC)(OCC)C(C)(OCC)C(C)(C)C(C)([O-])[O-].[Ta+5].[Ta+5]. The summed E-state index contributed by atoms with van der Waals surface area (Å²) >= 11 is 0. The molecule has 0 aliphatic heterocycles. The zero-order valence-corrected chi connectivity index (χ0v) is 95.1. The van der Waals surface area contributed by atoms with Crippen LogP contribution in [-0.2, 0) is 139 Å². The Morgan fingerprint density at radius 2 is 0.236 bits per heavy atom. The fraction of sp³-hybridized carbons (Fsp3) is 1.00. The molecule has 0 saturated carbocycles. The molecule has 0 aliphatic rings. The van der Waals surface area contributed by atoms with E-state index in [0.29, 0.717) is 164 Å². The van der Waals surface area contributed by atoms with Crippen molar-refractivity contribution < 1.29 is 191 Å². The van der Waals surface area contributed by atoms with Crippen molar-refractivity contribution >= 4 is 0 Å². The average molecular weight is 2170 g/mol. The van der Waals surface area contributed by atoms with E-state index in [-0.39, 0.29) is 44.8 Å². The molecule has 30 nitrogen and oxygen atoms in total. The molecule has 0 aromatic carbocycles. The summed E-state index contributed by atoms with van der Waals surface area (Å²) in [5.41, 5.74) is -13.4. The first-order chi connectivity index (χ1) is 57.3. The van der Waals surface area contributed by atoms with Crippen LogP contribution in [0.15, 0.2) is 0 Å². The van der Waals surface area contributed by atoms with Crippen molar-refractivity contribution in [2.24, 2.45) is 27.1 Å². The van der Waals surface area contributed by atoms with E-state index in [2.05, 4.69) is 0 Å². The maximum absolute atomic E-state index is 12.6. The molecule has 0 spiro atoms. The molecular formula is C95H190O30Ta2. The Balaban J connectivity index is -0.000000282. The third-order valence-electron chi connectivity index (χ3n) is 26.5. The van der Waals surface area contributed by atoms with E-state index >= 15 is 0 Å². The van der Waals surface area contributed by atoms with E-state index in [1.165, 1.54) is 0 Å². The predicted octanol–water partition coefficient (Wildman–Crippen LogP) is 9.14. The molecule has 10 unspecified atom stereocenters. The van der Waals surface area contributed by atoms with Gasteiger partial charge in [-0.3, -0.25) is 0 Å². The van der Waals surface area contributed by atoms with Gasteiger partial charge in [0.15, 0.2) is 0 Å². The minimum Gasteiger partial charge on any atom is -0.863 e. The van der Waals surface area contributed by atoms with E-state index in [1.807, 2.05) is 173 Å². The third-order valence-corrected chi connectivity index (χ3v) is 26.5. The predicted molar refractivity (Wildman–Crippen MR) is 470 cm³/mol. The van der Waals surface area contributed by atoms with Crippen LogP contribution in [0.2, 0.25) is 0 Å². The van der Waals surface area contributed by atoms with Gasteiger partial charge in [-0.2, -0.15) is 0 Å². The molecule has 0 aromatic heterocycles. The van der Waals surface area contributed by atoms with Gasteiger partial charge in [-0.15, -0.1) is 0 Å². The van der Waals surface area contributed by atoms with Gasteiger partial charge in [0.25, 0.3) is 0 Å². The van der Waals surface area contributed by atoms with Crippen LogP contribution in [0.1, 0.15) is 344 Å². The first-order valence-corrected chi connectivity index (χ1v) is 47.0. The van der Waals surface area contributed by atoms with Crippen molar-refractivity contribution in [1.29, 1.82) is 0 Å². The van der Waals surface area contributed by atoms with Crippen LogP contribution in [0.3, 0.4) is 0 Å². The third kappa shape index (κ3) is 31.1. The van der Waals surface area contributed by atoms with Gasteiger partial charge in [-0.05, 0) is 232 Å². The average Bonchev–Trinajstić information content (AvgIpc) is 0.742. The van der Waals surface area contributed by atoms with Gasteiger partial charge >= 0.3 is 44.8 Å². The second-order valence-corrected chi connectivity index (χ2v) is 34.6. The maximum Gasteiger partial charge on any atom is 5.00 e. The minimum atomic E-state index is -2.53. The van der Waals surface area contributed by atoms with E-state index in [0.717, 1.165) is 34.6 Å². The van der Waals surface area contributed by atoms with Gasteiger partial charge in [-0.25, -0.2) is 28.9 Å². The molecule has 0 fully saturated rings. The summed E-state index contributed by atoms with van der Waals surface area (Å²) in [6.45, 7) is 84.5. The van der Waals surface area contributed by atoms with E-state index in [1.54, 1.807) is 104 Å². The van der Waals surface area contributed by atoms with Crippen LogP contribution in [0.25, 0.3) is 0 Å². The van der Waals surface area contributed by atoms with Gasteiger partial charge < -0.3 is 146 Å². The van der Waals surface area contributed by atoms with Crippen LogP contribution >= 0.6 is 0 Å². The minimum absolute atomic E-state index is 0. The summed E-state index contributed by atoms with van der Waals surface area (Å²) < 4.78 is 121. The summed E-state index contributed by atoms with van der Waals surface area (Å²) in [5.74, 6) is -19.5. The van der Waals surface area contributed by atoms with Crippen molar-refractivity contribution in [3.05, 3.63) is 0 Å². The molecule has 10 atom stereocenters. The molecular weight excluding hydrogens is 1980 g/mol. The van der Waals surface area contributed by atoms with Crippen LogP contribution in [0.4, 0.5) is 0 Å². The number of ether oxygens (including phenoxy) is 20. The molecule has 0 rings (SSSR count). The molecule has 127 heavy (non-hydrogen) atoms. The van der Waals surface area contributed by atoms with Crippen LogP contribution in [-0.4, -0.2) is 249 Å². The molecule has 0 aliphatic carbocycles. The Morgan fingerprint density at radius 3 is 0.291 bits per heavy atom. The topological polar surface area (TPSA) is 415 Å². The summed E-state index contributed by atoms with van der Waals surface area (Å²) in [6.07, 6.45) is 0.471. The largest absolute Gasteiger partial charge is 5.00 e. The quantitative estimate of drug-likeness (QED) is 0.0512. The molecule has 760 valence electrons. The first kappa shape index (κ1) is 140. The first-order valence-electron chi connectivity index (χ1n) is 47.0. The summed E-state index contributed by atoms with van der Waals surface area (Å²) in [4.78, 5) is 0. The zero-order valence-electron chi connectivity index (χ0n) is 88.7. The molecule has 0 saturated heterocycles. The van der Waals surface area contributed by atoms with Gasteiger partial charge in [0.1, 0.15) is 58.5 Å². The fourth-order valence-electron chi connectivity index (χ4n) is 16.9. The van der Waals surface area contributed by atoms with Gasteiger partial charge in [0, 0.05) is 132 Å². The second-order valence-electron chi connectivity index (χ2n) is 34.6. The normalized spacial score (nSPS) is 17.1. The molecule has 0 heterocycles. The number of hydrogen-bond acceptors (Lipinski definition) is 30. The van der Waals surface area contributed by atoms with Gasteiger partial charge in [-0.1, -0.05) is 138 Å². The van der Waals surface area contributed by atoms with Crippen LogP contribution < -0.4 is 51.1 Å². The Bertz CT molecular complexity index is 2290. The fourth-order valence-corrected chi connectivity index (χ4v) is 16.9. The molecule has 0 radical (unpaired) electrons. The second kappa shape index (κ2) is 61.0. The van der Waals surface area contributed by atoms with Crippen molar-refractivity contribution in [3.63, 3.8) is 0 Å². The van der Waals surface area contributed by atoms with E-state index in [4.69, 9.17) is 94.7 Å². The number of rotatable bonds is 65. The van der Waals surface area contributed by atoms with Crippen molar-refractivity contribution in [2.45, 2.75) is 460 Å². The van der Waals surface area contributed by atoms with Crippen LogP contribution in [0.5, 0.6) is 0 Å². The Labute approximate surface area is 805 Å².